The van der Waals surface area contributed by atoms with Crippen LogP contribution in [0, 0.1) is 0 Å². The lowest BCUT2D eigenvalue weighted by Gasteiger charge is -2.13. The summed E-state index contributed by atoms with van der Waals surface area (Å²) in [6.07, 6.45) is -4.85. The molecule has 0 saturated heterocycles. The Morgan fingerprint density at radius 3 is 1.89 bits per heavy atom. The second-order valence-electron chi connectivity index (χ2n) is 3.53. The Morgan fingerprint density at radius 2 is 1.37 bits per heavy atom. The van der Waals surface area contributed by atoms with E-state index < -0.39 is 18.7 Å². The fraction of sp³-hybridized carbons (Fsp3) is 0.167. The highest BCUT2D eigenvalue weighted by Gasteiger charge is 2.31. The van der Waals surface area contributed by atoms with E-state index in [0.717, 1.165) is 6.07 Å². The van der Waals surface area contributed by atoms with Gasteiger partial charge in [0.15, 0.2) is 0 Å². The molecule has 0 unspecified atom stereocenters. The smallest absolute Gasteiger partial charge is 0.434 e. The summed E-state index contributed by atoms with van der Waals surface area (Å²) in [6, 6.07) is 7.61. The average molecular weight is 278 g/mol. The maximum atomic E-state index is 12.2. The molecule has 0 saturated carbocycles. The minimum absolute atomic E-state index is 0.0398. The van der Waals surface area contributed by atoms with Crippen LogP contribution in [0.5, 0.6) is 11.5 Å². The highest BCUT2D eigenvalue weighted by atomic mass is 19.4. The van der Waals surface area contributed by atoms with E-state index in [1.54, 1.807) is 0 Å². The van der Waals surface area contributed by atoms with Gasteiger partial charge in [-0.15, -0.1) is 13.2 Å². The van der Waals surface area contributed by atoms with Gasteiger partial charge in [-0.1, -0.05) is 24.3 Å². The molecule has 0 radical (unpaired) electrons. The van der Waals surface area contributed by atoms with Crippen LogP contribution >= 0.6 is 0 Å². The summed E-state index contributed by atoms with van der Waals surface area (Å²) in [4.78, 5) is 0. The number of fused-ring (bicyclic) bond motifs is 1. The second kappa shape index (κ2) is 4.91. The van der Waals surface area contributed by atoms with E-state index >= 15 is 0 Å². The number of rotatable bonds is 3. The molecule has 0 atom stereocenters. The SMILES string of the molecule is FC(F)Oc1cccc2c(OC(F)(F)F)cccc12. The van der Waals surface area contributed by atoms with Crippen LogP contribution in [0.4, 0.5) is 22.0 Å². The lowest BCUT2D eigenvalue weighted by Crippen LogP contribution is -2.17. The number of hydrogen-bond acceptors (Lipinski definition) is 2. The first-order valence-electron chi connectivity index (χ1n) is 5.09. The van der Waals surface area contributed by atoms with Crippen LogP contribution in [0.2, 0.25) is 0 Å². The standard InChI is InChI=1S/C12H7F5O2/c13-11(14)18-9-5-1-4-8-7(9)3-2-6-10(8)19-12(15,16)17/h1-6,11H. The first-order chi connectivity index (χ1) is 8.87. The van der Waals surface area contributed by atoms with Crippen LogP contribution in [-0.4, -0.2) is 13.0 Å². The Morgan fingerprint density at radius 1 is 0.842 bits per heavy atom. The Kier molecular flexibility index (Phi) is 3.46. The Bertz CT molecular complexity index is 580. The highest BCUT2D eigenvalue weighted by molar-refractivity contribution is 5.93. The van der Waals surface area contributed by atoms with Crippen molar-refractivity contribution in [1.29, 1.82) is 0 Å². The molecule has 0 spiro atoms. The average Bonchev–Trinajstić information content (AvgIpc) is 2.27. The third kappa shape index (κ3) is 3.24. The minimum Gasteiger partial charge on any atom is -0.434 e. The monoisotopic (exact) mass is 278 g/mol. The first-order valence-corrected chi connectivity index (χ1v) is 5.09. The van der Waals surface area contributed by atoms with Gasteiger partial charge in [0.2, 0.25) is 0 Å². The van der Waals surface area contributed by atoms with Gasteiger partial charge in [-0.2, -0.15) is 8.78 Å². The molecule has 0 aliphatic heterocycles. The van der Waals surface area contributed by atoms with Crippen LogP contribution in [0.15, 0.2) is 36.4 Å². The van der Waals surface area contributed by atoms with Crippen molar-refractivity contribution in [2.75, 3.05) is 0 Å². The Balaban J connectivity index is 2.51. The van der Waals surface area contributed by atoms with Crippen molar-refractivity contribution in [3.8, 4) is 11.5 Å². The fourth-order valence-electron chi connectivity index (χ4n) is 1.66. The maximum absolute atomic E-state index is 12.2. The minimum atomic E-state index is -4.85. The van der Waals surface area contributed by atoms with Gasteiger partial charge in [-0.3, -0.25) is 0 Å². The molecule has 7 heteroatoms. The number of alkyl halides is 5. The lowest BCUT2D eigenvalue weighted by atomic mass is 10.1. The molecule has 19 heavy (non-hydrogen) atoms. The Labute approximate surface area is 104 Å². The molecule has 0 heterocycles. The van der Waals surface area contributed by atoms with Gasteiger partial charge < -0.3 is 9.47 Å². The quantitative estimate of drug-likeness (QED) is 0.777. The number of halogens is 5. The van der Waals surface area contributed by atoms with Gasteiger partial charge in [0, 0.05) is 10.8 Å². The molecular formula is C12H7F5O2. The number of hydrogen-bond donors (Lipinski definition) is 0. The van der Waals surface area contributed by atoms with Crippen LogP contribution < -0.4 is 9.47 Å². The van der Waals surface area contributed by atoms with Crippen molar-refractivity contribution in [1.82, 2.24) is 0 Å². The van der Waals surface area contributed by atoms with Crippen LogP contribution in [-0.2, 0) is 0 Å². The highest BCUT2D eigenvalue weighted by Crippen LogP contribution is 2.35. The van der Waals surface area contributed by atoms with Crippen molar-refractivity contribution in [2.24, 2.45) is 0 Å². The summed E-state index contributed by atoms with van der Waals surface area (Å²) in [5.41, 5.74) is 0. The molecule has 0 bridgehead atoms. The summed E-state index contributed by atoms with van der Waals surface area (Å²) in [5.74, 6) is -0.676. The molecule has 0 amide bonds. The molecule has 0 N–H and O–H groups in total. The third-order valence-electron chi connectivity index (χ3n) is 2.28. The summed E-state index contributed by atoms with van der Waals surface area (Å²) in [5, 5.41) is 0.155. The molecular weight excluding hydrogens is 271 g/mol. The molecule has 0 aliphatic carbocycles. The topological polar surface area (TPSA) is 18.5 Å². The van der Waals surface area contributed by atoms with Gasteiger partial charge in [0.1, 0.15) is 11.5 Å². The van der Waals surface area contributed by atoms with Crippen LogP contribution in [0.3, 0.4) is 0 Å². The van der Waals surface area contributed by atoms with E-state index in [1.807, 2.05) is 0 Å². The molecule has 0 aliphatic rings. The van der Waals surface area contributed by atoms with Crippen LogP contribution in [0.1, 0.15) is 0 Å². The van der Waals surface area contributed by atoms with E-state index in [0.29, 0.717) is 0 Å². The Hall–Kier alpha value is -2.05. The molecule has 2 rings (SSSR count). The van der Waals surface area contributed by atoms with Crippen molar-refractivity contribution in [3.05, 3.63) is 36.4 Å². The largest absolute Gasteiger partial charge is 0.573 e. The number of benzene rings is 2. The van der Waals surface area contributed by atoms with E-state index in [-0.39, 0.29) is 16.5 Å². The van der Waals surface area contributed by atoms with Gasteiger partial charge in [-0.05, 0) is 12.1 Å². The van der Waals surface area contributed by atoms with Crippen molar-refractivity contribution in [2.45, 2.75) is 13.0 Å². The summed E-state index contributed by atoms with van der Waals surface area (Å²) >= 11 is 0. The molecule has 2 aromatic carbocycles. The molecule has 0 aromatic heterocycles. The zero-order valence-electron chi connectivity index (χ0n) is 9.25. The zero-order valence-corrected chi connectivity index (χ0v) is 9.25. The molecule has 2 aromatic rings. The summed E-state index contributed by atoms with van der Waals surface area (Å²) in [7, 11) is 0. The maximum Gasteiger partial charge on any atom is 0.573 e. The first kappa shape index (κ1) is 13.4. The van der Waals surface area contributed by atoms with Gasteiger partial charge in [0.05, 0.1) is 0 Å². The predicted molar refractivity (Wildman–Crippen MR) is 57.3 cm³/mol. The zero-order chi connectivity index (χ0) is 14.0. The molecule has 0 fully saturated rings. The normalized spacial score (nSPS) is 11.9. The third-order valence-corrected chi connectivity index (χ3v) is 2.28. The van der Waals surface area contributed by atoms with Crippen LogP contribution in [0.25, 0.3) is 10.8 Å². The van der Waals surface area contributed by atoms with Crippen molar-refractivity contribution < 1.29 is 31.4 Å². The van der Waals surface area contributed by atoms with Gasteiger partial charge >= 0.3 is 13.0 Å². The summed E-state index contributed by atoms with van der Waals surface area (Å²) < 4.78 is 69.1. The molecule has 2 nitrogen and oxygen atoms in total. The van der Waals surface area contributed by atoms with E-state index in [9.17, 15) is 22.0 Å². The fourth-order valence-corrected chi connectivity index (χ4v) is 1.66. The lowest BCUT2D eigenvalue weighted by molar-refractivity contribution is -0.274. The second-order valence-corrected chi connectivity index (χ2v) is 3.53. The predicted octanol–water partition coefficient (Wildman–Crippen LogP) is 4.34. The molecule has 102 valence electrons. The number of ether oxygens (including phenoxy) is 2. The van der Waals surface area contributed by atoms with E-state index in [4.69, 9.17) is 0 Å². The summed E-state index contributed by atoms with van der Waals surface area (Å²) in [6.45, 7) is -3.06. The van der Waals surface area contributed by atoms with Crippen molar-refractivity contribution >= 4 is 10.8 Å². The van der Waals surface area contributed by atoms with E-state index in [1.165, 1.54) is 30.3 Å². The van der Waals surface area contributed by atoms with Gasteiger partial charge in [-0.25, -0.2) is 0 Å². The van der Waals surface area contributed by atoms with Crippen molar-refractivity contribution in [3.63, 3.8) is 0 Å². The van der Waals surface area contributed by atoms with Gasteiger partial charge in [0.25, 0.3) is 0 Å². The van der Waals surface area contributed by atoms with E-state index in [2.05, 4.69) is 9.47 Å².